The van der Waals surface area contributed by atoms with Gasteiger partial charge in [0.2, 0.25) is 0 Å². The average Bonchev–Trinajstić information content (AvgIpc) is 1.61. The van der Waals surface area contributed by atoms with Crippen LogP contribution >= 0.6 is 0 Å². The second-order valence-electron chi connectivity index (χ2n) is 1.19. The molecule has 4 N–H and O–H groups in total. The summed E-state index contributed by atoms with van der Waals surface area (Å²) in [4.78, 5) is 0. The van der Waals surface area contributed by atoms with Crippen molar-refractivity contribution in [3.63, 3.8) is 0 Å². The van der Waals surface area contributed by atoms with Gasteiger partial charge in [-0.1, -0.05) is 12.2 Å². The molecule has 2 nitrogen and oxygen atoms in total. The van der Waals surface area contributed by atoms with Crippen LogP contribution in [0.5, 0.6) is 0 Å². The van der Waals surface area contributed by atoms with Gasteiger partial charge in [-0.05, 0) is 13.0 Å². The average molecular weight is 98.1 g/mol. The maximum Gasteiger partial charge on any atom is 0.0933 e. The fourth-order valence-corrected chi connectivity index (χ4v) is 0.207. The van der Waals surface area contributed by atoms with Crippen LogP contribution in [-0.4, -0.2) is 0 Å². The third-order valence-corrected chi connectivity index (χ3v) is 0.481. The highest BCUT2D eigenvalue weighted by Crippen LogP contribution is 1.73. The minimum Gasteiger partial charge on any atom is -0.386 e. The number of rotatable bonds is 1. The molecule has 0 saturated carbocycles. The Morgan fingerprint density at radius 3 is 2.14 bits per heavy atom. The van der Waals surface area contributed by atoms with Crippen LogP contribution in [0.3, 0.4) is 0 Å². The molecule has 0 radical (unpaired) electrons. The lowest BCUT2D eigenvalue weighted by Gasteiger charge is -1.80. The molecule has 0 unspecified atom stereocenters. The zero-order chi connectivity index (χ0) is 5.70. The zero-order valence-corrected chi connectivity index (χ0v) is 4.39. The molecule has 0 aromatic carbocycles. The lowest BCUT2D eigenvalue weighted by molar-refractivity contribution is 1.25. The molecule has 0 aliphatic heterocycles. The third-order valence-electron chi connectivity index (χ3n) is 0.481. The summed E-state index contributed by atoms with van der Waals surface area (Å²) < 4.78 is 0. The summed E-state index contributed by atoms with van der Waals surface area (Å²) in [6.45, 7) is 1.90. The summed E-state index contributed by atoms with van der Waals surface area (Å²) in [7, 11) is 0. The number of hydrogen-bond acceptors (Lipinski definition) is 2. The van der Waals surface area contributed by atoms with Gasteiger partial charge in [-0.15, -0.1) is 0 Å². The minimum absolute atomic E-state index is 0.345. The van der Waals surface area contributed by atoms with Gasteiger partial charge in [-0.3, -0.25) is 0 Å². The molecule has 2 heteroatoms. The van der Waals surface area contributed by atoms with E-state index in [4.69, 9.17) is 11.5 Å². The Morgan fingerprint density at radius 2 is 2.00 bits per heavy atom. The summed E-state index contributed by atoms with van der Waals surface area (Å²) in [6, 6.07) is 0. The Balaban J connectivity index is 3.46. The number of hydrogen-bond donors (Lipinski definition) is 2. The van der Waals surface area contributed by atoms with Crippen molar-refractivity contribution in [3.8, 4) is 0 Å². The van der Waals surface area contributed by atoms with Crippen LogP contribution in [0.1, 0.15) is 6.92 Å². The summed E-state index contributed by atoms with van der Waals surface area (Å²) in [5.74, 6) is 0.345. The molecule has 0 amide bonds. The highest BCUT2D eigenvalue weighted by Gasteiger charge is 1.65. The fraction of sp³-hybridized carbons (Fsp3) is 0.200. The Morgan fingerprint density at radius 1 is 1.43 bits per heavy atom. The van der Waals surface area contributed by atoms with E-state index in [-0.39, 0.29) is 0 Å². The molecular formula is C5H10N2. The Hall–Kier alpha value is -0.920. The molecule has 0 saturated heterocycles. The number of nitrogens with two attached hydrogens (primary N) is 2. The van der Waals surface area contributed by atoms with Gasteiger partial charge in [0.25, 0.3) is 0 Å². The molecule has 40 valence electrons. The van der Waals surface area contributed by atoms with E-state index in [0.29, 0.717) is 5.82 Å². The quantitative estimate of drug-likeness (QED) is 0.464. The zero-order valence-electron chi connectivity index (χ0n) is 4.39. The SMILES string of the molecule is CC=CC=C(N)N. The van der Waals surface area contributed by atoms with E-state index in [1.807, 2.05) is 13.0 Å². The normalized spacial score (nSPS) is 9.29. The van der Waals surface area contributed by atoms with E-state index in [1.165, 1.54) is 0 Å². The van der Waals surface area contributed by atoms with Gasteiger partial charge in [0.05, 0.1) is 5.82 Å². The summed E-state index contributed by atoms with van der Waals surface area (Å²) >= 11 is 0. The molecule has 0 aliphatic rings. The third kappa shape index (κ3) is 5.08. The van der Waals surface area contributed by atoms with E-state index in [0.717, 1.165) is 0 Å². The van der Waals surface area contributed by atoms with Crippen LogP contribution in [0.4, 0.5) is 0 Å². The van der Waals surface area contributed by atoms with Gasteiger partial charge in [-0.2, -0.15) is 0 Å². The molecule has 0 rings (SSSR count). The molecule has 0 fully saturated rings. The van der Waals surface area contributed by atoms with Gasteiger partial charge < -0.3 is 11.5 Å². The van der Waals surface area contributed by atoms with Crippen molar-refractivity contribution in [2.24, 2.45) is 11.5 Å². The Labute approximate surface area is 43.5 Å². The molecule has 0 bridgehead atoms. The van der Waals surface area contributed by atoms with Crippen molar-refractivity contribution in [2.45, 2.75) is 6.92 Å². The van der Waals surface area contributed by atoms with Crippen LogP contribution in [0.25, 0.3) is 0 Å². The van der Waals surface area contributed by atoms with Crippen molar-refractivity contribution in [3.05, 3.63) is 24.0 Å². The first-order chi connectivity index (χ1) is 3.27. The van der Waals surface area contributed by atoms with Crippen LogP contribution in [0.15, 0.2) is 24.0 Å². The smallest absolute Gasteiger partial charge is 0.0933 e. The van der Waals surface area contributed by atoms with Crippen molar-refractivity contribution >= 4 is 0 Å². The number of allylic oxidation sites excluding steroid dienone is 3. The molecule has 0 aromatic rings. The predicted octanol–water partition coefficient (Wildman–Crippen LogP) is 0.321. The van der Waals surface area contributed by atoms with Gasteiger partial charge >= 0.3 is 0 Å². The fourth-order valence-electron chi connectivity index (χ4n) is 0.207. The standard InChI is InChI=1S/C5H10N2/c1-2-3-4-5(6)7/h2-4H,6-7H2,1H3. The first-order valence-corrected chi connectivity index (χ1v) is 2.11. The predicted molar refractivity (Wildman–Crippen MR) is 31.3 cm³/mol. The first kappa shape index (κ1) is 6.08. The van der Waals surface area contributed by atoms with Crippen molar-refractivity contribution in [1.82, 2.24) is 0 Å². The van der Waals surface area contributed by atoms with Crippen LogP contribution in [0.2, 0.25) is 0 Å². The van der Waals surface area contributed by atoms with Gasteiger partial charge in [0.1, 0.15) is 0 Å². The molecule has 0 heterocycles. The lowest BCUT2D eigenvalue weighted by atomic mass is 10.5. The lowest BCUT2D eigenvalue weighted by Crippen LogP contribution is -2.06. The minimum atomic E-state index is 0.345. The highest BCUT2D eigenvalue weighted by atomic mass is 14.8. The van der Waals surface area contributed by atoms with Crippen LogP contribution in [0, 0.1) is 0 Å². The van der Waals surface area contributed by atoms with Gasteiger partial charge in [0, 0.05) is 0 Å². The highest BCUT2D eigenvalue weighted by molar-refractivity contribution is 5.05. The van der Waals surface area contributed by atoms with Crippen LogP contribution < -0.4 is 11.5 Å². The maximum absolute atomic E-state index is 5.07. The summed E-state index contributed by atoms with van der Waals surface area (Å²) in [5.41, 5.74) is 10.1. The molecule has 7 heavy (non-hydrogen) atoms. The molecule has 0 spiro atoms. The molecule has 0 atom stereocenters. The van der Waals surface area contributed by atoms with Crippen molar-refractivity contribution in [2.75, 3.05) is 0 Å². The van der Waals surface area contributed by atoms with Gasteiger partial charge in [0.15, 0.2) is 0 Å². The van der Waals surface area contributed by atoms with E-state index in [1.54, 1.807) is 12.2 Å². The summed E-state index contributed by atoms with van der Waals surface area (Å²) in [6.07, 6.45) is 5.29. The van der Waals surface area contributed by atoms with E-state index >= 15 is 0 Å². The maximum atomic E-state index is 5.07. The van der Waals surface area contributed by atoms with E-state index in [9.17, 15) is 0 Å². The summed E-state index contributed by atoms with van der Waals surface area (Å²) in [5, 5.41) is 0. The Kier molecular flexibility index (Phi) is 2.85. The van der Waals surface area contributed by atoms with Gasteiger partial charge in [-0.25, -0.2) is 0 Å². The first-order valence-electron chi connectivity index (χ1n) is 2.11. The monoisotopic (exact) mass is 98.1 g/mol. The largest absolute Gasteiger partial charge is 0.386 e. The molecule has 0 aromatic heterocycles. The second-order valence-corrected chi connectivity index (χ2v) is 1.19. The van der Waals surface area contributed by atoms with E-state index < -0.39 is 0 Å². The van der Waals surface area contributed by atoms with Crippen molar-refractivity contribution in [1.29, 1.82) is 0 Å². The molecule has 0 aliphatic carbocycles. The topological polar surface area (TPSA) is 52.0 Å². The van der Waals surface area contributed by atoms with E-state index in [2.05, 4.69) is 0 Å². The van der Waals surface area contributed by atoms with Crippen LogP contribution in [-0.2, 0) is 0 Å². The Bertz CT molecular complexity index is 88.3. The van der Waals surface area contributed by atoms with Crippen molar-refractivity contribution < 1.29 is 0 Å². The second kappa shape index (κ2) is 3.28. The molecular weight excluding hydrogens is 88.1 g/mol.